The average Bonchev–Trinajstić information content (AvgIpc) is 2.94. The summed E-state index contributed by atoms with van der Waals surface area (Å²) in [6.07, 6.45) is 0. The van der Waals surface area contributed by atoms with Crippen molar-refractivity contribution in [1.82, 2.24) is 4.31 Å². The molecule has 22 heavy (non-hydrogen) atoms. The largest absolute Gasteiger partial charge is 0.379 e. The summed E-state index contributed by atoms with van der Waals surface area (Å²) in [4.78, 5) is 0.772. The molecule has 0 unspecified atom stereocenters. The number of halogens is 1. The number of thiophene rings is 1. The maximum absolute atomic E-state index is 13.5. The normalized spacial score (nSPS) is 11.4. The van der Waals surface area contributed by atoms with Crippen LogP contribution in [0.25, 0.3) is 0 Å². The summed E-state index contributed by atoms with van der Waals surface area (Å²) in [7, 11) is -0.505. The van der Waals surface area contributed by atoms with E-state index in [0.29, 0.717) is 12.2 Å². The highest BCUT2D eigenvalue weighted by Gasteiger charge is 2.19. The molecule has 0 spiro atoms. The Kier molecular flexibility index (Phi) is 4.81. The first kappa shape index (κ1) is 16.4. The summed E-state index contributed by atoms with van der Waals surface area (Å²) < 4.78 is 38.9. The number of sulfonamides is 1. The molecule has 0 fully saturated rings. The Hall–Kier alpha value is -1.95. The third-order valence-corrected chi connectivity index (χ3v) is 6.32. The molecule has 0 amide bonds. The minimum absolute atomic E-state index is 0.0554. The molecule has 0 radical (unpaired) electrons. The minimum atomic E-state index is -3.45. The molecule has 0 aliphatic heterocycles. The van der Waals surface area contributed by atoms with Crippen LogP contribution in [0, 0.1) is 17.1 Å². The Morgan fingerprint density at radius 1 is 1.32 bits per heavy atom. The summed E-state index contributed by atoms with van der Waals surface area (Å²) in [6.45, 7) is 0.311. The molecule has 116 valence electrons. The highest BCUT2D eigenvalue weighted by atomic mass is 32.2. The van der Waals surface area contributed by atoms with Gasteiger partial charge in [0.2, 0.25) is 0 Å². The fourth-order valence-electron chi connectivity index (χ4n) is 1.74. The molecule has 2 rings (SSSR count). The van der Waals surface area contributed by atoms with Gasteiger partial charge in [-0.1, -0.05) is 6.07 Å². The van der Waals surface area contributed by atoms with Crippen molar-refractivity contribution in [1.29, 1.82) is 5.26 Å². The van der Waals surface area contributed by atoms with Crippen LogP contribution >= 0.6 is 11.3 Å². The fraction of sp³-hybridized carbons (Fsp3) is 0.214. The number of nitrogens with one attached hydrogen (secondary N) is 1. The van der Waals surface area contributed by atoms with Crippen molar-refractivity contribution in [3.63, 3.8) is 0 Å². The predicted molar refractivity (Wildman–Crippen MR) is 83.6 cm³/mol. The highest BCUT2D eigenvalue weighted by Crippen LogP contribution is 2.25. The van der Waals surface area contributed by atoms with Crippen LogP contribution in [0.3, 0.4) is 0 Å². The maximum atomic E-state index is 13.5. The first-order valence-corrected chi connectivity index (χ1v) is 8.55. The molecule has 1 N–H and O–H groups in total. The third-order valence-electron chi connectivity index (χ3n) is 2.95. The van der Waals surface area contributed by atoms with Crippen molar-refractivity contribution in [2.24, 2.45) is 0 Å². The van der Waals surface area contributed by atoms with Gasteiger partial charge in [-0.25, -0.2) is 17.1 Å². The predicted octanol–water partition coefficient (Wildman–Crippen LogP) is 2.62. The van der Waals surface area contributed by atoms with Crippen molar-refractivity contribution in [3.05, 3.63) is 46.6 Å². The standard InChI is InChI=1S/C14H14FN3O2S2/c1-18(2)22(19,20)14-7-6-10(21-14)9-17-13-5-3-4-12(15)11(13)8-16/h3-7,17H,9H2,1-2H3. The third kappa shape index (κ3) is 3.27. The summed E-state index contributed by atoms with van der Waals surface area (Å²) in [6, 6.07) is 9.37. The number of benzene rings is 1. The lowest BCUT2D eigenvalue weighted by Gasteiger charge is -2.09. The second-order valence-electron chi connectivity index (χ2n) is 4.64. The van der Waals surface area contributed by atoms with Crippen molar-refractivity contribution < 1.29 is 12.8 Å². The SMILES string of the molecule is CN(C)S(=O)(=O)c1ccc(CNc2cccc(F)c2C#N)s1. The van der Waals surface area contributed by atoms with Gasteiger partial charge in [-0.2, -0.15) is 5.26 Å². The van der Waals surface area contributed by atoms with E-state index in [4.69, 9.17) is 5.26 Å². The molecule has 1 heterocycles. The average molecular weight is 339 g/mol. The van der Waals surface area contributed by atoms with E-state index in [2.05, 4.69) is 5.32 Å². The lowest BCUT2D eigenvalue weighted by molar-refractivity contribution is 0.523. The van der Waals surface area contributed by atoms with E-state index in [-0.39, 0.29) is 9.77 Å². The van der Waals surface area contributed by atoms with Crippen LogP contribution in [0.1, 0.15) is 10.4 Å². The lowest BCUT2D eigenvalue weighted by Crippen LogP contribution is -2.21. The number of anilines is 1. The van der Waals surface area contributed by atoms with E-state index in [0.717, 1.165) is 20.5 Å². The van der Waals surface area contributed by atoms with Crippen LogP contribution in [0.4, 0.5) is 10.1 Å². The molecular formula is C14H14FN3O2S2. The Balaban J connectivity index is 2.16. The molecular weight excluding hydrogens is 325 g/mol. The van der Waals surface area contributed by atoms with Crippen LogP contribution in [0.5, 0.6) is 0 Å². The molecule has 0 saturated heterocycles. The second-order valence-corrected chi connectivity index (χ2v) is 8.18. The van der Waals surface area contributed by atoms with E-state index in [9.17, 15) is 12.8 Å². The molecule has 0 aliphatic rings. The van der Waals surface area contributed by atoms with Crippen LogP contribution in [0.15, 0.2) is 34.5 Å². The maximum Gasteiger partial charge on any atom is 0.252 e. The number of nitrogens with zero attached hydrogens (tertiary/aromatic N) is 2. The van der Waals surface area contributed by atoms with E-state index in [1.807, 2.05) is 6.07 Å². The van der Waals surface area contributed by atoms with Gasteiger partial charge >= 0.3 is 0 Å². The van der Waals surface area contributed by atoms with Gasteiger partial charge in [0.1, 0.15) is 21.7 Å². The summed E-state index contributed by atoms with van der Waals surface area (Å²) in [5.74, 6) is -0.588. The van der Waals surface area contributed by atoms with Gasteiger partial charge in [0.25, 0.3) is 10.0 Å². The van der Waals surface area contributed by atoms with Crippen LogP contribution < -0.4 is 5.32 Å². The molecule has 1 aromatic heterocycles. The first-order valence-electron chi connectivity index (χ1n) is 6.30. The smallest absolute Gasteiger partial charge is 0.252 e. The Bertz CT molecular complexity index is 823. The Morgan fingerprint density at radius 3 is 2.68 bits per heavy atom. The highest BCUT2D eigenvalue weighted by molar-refractivity contribution is 7.91. The zero-order chi connectivity index (χ0) is 16.3. The first-order chi connectivity index (χ1) is 10.4. The van der Waals surface area contributed by atoms with E-state index in [1.165, 1.54) is 32.3 Å². The molecule has 1 aromatic carbocycles. The van der Waals surface area contributed by atoms with Crippen molar-refractivity contribution >= 4 is 27.0 Å². The molecule has 5 nitrogen and oxygen atoms in total. The fourth-order valence-corrected chi connectivity index (χ4v) is 4.20. The van der Waals surface area contributed by atoms with Gasteiger partial charge in [0.05, 0.1) is 5.69 Å². The second kappa shape index (κ2) is 6.44. The number of hydrogen-bond acceptors (Lipinski definition) is 5. The monoisotopic (exact) mass is 339 g/mol. The summed E-state index contributed by atoms with van der Waals surface area (Å²) in [5.41, 5.74) is 0.327. The van der Waals surface area contributed by atoms with Gasteiger partial charge in [0, 0.05) is 25.5 Å². The molecule has 0 aliphatic carbocycles. The van der Waals surface area contributed by atoms with Crippen LogP contribution in [-0.4, -0.2) is 26.8 Å². The minimum Gasteiger partial charge on any atom is -0.379 e. The Morgan fingerprint density at radius 2 is 2.05 bits per heavy atom. The molecule has 2 aromatic rings. The summed E-state index contributed by atoms with van der Waals surface area (Å²) >= 11 is 1.14. The van der Waals surface area contributed by atoms with Gasteiger partial charge in [-0.15, -0.1) is 11.3 Å². The van der Waals surface area contributed by atoms with E-state index < -0.39 is 15.8 Å². The Labute approximate surface area is 132 Å². The number of nitriles is 1. The van der Waals surface area contributed by atoms with Crippen molar-refractivity contribution in [3.8, 4) is 6.07 Å². The molecule has 0 atom stereocenters. The van der Waals surface area contributed by atoms with Gasteiger partial charge in [0.15, 0.2) is 0 Å². The zero-order valence-corrected chi connectivity index (χ0v) is 13.6. The molecule has 0 bridgehead atoms. The number of hydrogen-bond donors (Lipinski definition) is 1. The van der Waals surface area contributed by atoms with Crippen LogP contribution in [-0.2, 0) is 16.6 Å². The van der Waals surface area contributed by atoms with Crippen LogP contribution in [0.2, 0.25) is 0 Å². The van der Waals surface area contributed by atoms with Gasteiger partial charge in [-0.05, 0) is 24.3 Å². The van der Waals surface area contributed by atoms with E-state index >= 15 is 0 Å². The van der Waals surface area contributed by atoms with Crippen molar-refractivity contribution in [2.45, 2.75) is 10.8 Å². The summed E-state index contributed by atoms with van der Waals surface area (Å²) in [5, 5.41) is 11.9. The van der Waals surface area contributed by atoms with E-state index in [1.54, 1.807) is 12.1 Å². The topological polar surface area (TPSA) is 73.2 Å². The molecule has 0 saturated carbocycles. The lowest BCUT2D eigenvalue weighted by atomic mass is 10.2. The quantitative estimate of drug-likeness (QED) is 0.909. The zero-order valence-electron chi connectivity index (χ0n) is 12.0. The van der Waals surface area contributed by atoms with Gasteiger partial charge < -0.3 is 5.32 Å². The van der Waals surface area contributed by atoms with Crippen molar-refractivity contribution in [2.75, 3.05) is 19.4 Å². The number of rotatable bonds is 5. The van der Waals surface area contributed by atoms with Gasteiger partial charge in [-0.3, -0.25) is 0 Å². The molecule has 8 heteroatoms.